The summed E-state index contributed by atoms with van der Waals surface area (Å²) in [4.78, 5) is 22.0. The van der Waals surface area contributed by atoms with Crippen LogP contribution in [0.5, 0.6) is 0 Å². The van der Waals surface area contributed by atoms with Gasteiger partial charge in [0, 0.05) is 6.92 Å². The number of ketones is 1. The molecule has 0 spiro atoms. The minimum absolute atomic E-state index is 0.0526. The van der Waals surface area contributed by atoms with Crippen molar-refractivity contribution in [2.45, 2.75) is 39.2 Å². The van der Waals surface area contributed by atoms with Gasteiger partial charge < -0.3 is 15.5 Å². The van der Waals surface area contributed by atoms with Crippen molar-refractivity contribution in [2.75, 3.05) is 6.54 Å². The van der Waals surface area contributed by atoms with E-state index in [1.54, 1.807) is 0 Å². The van der Waals surface area contributed by atoms with E-state index in [2.05, 4.69) is 15.5 Å². The molecular formula is C11H18N4O3. The molecule has 0 aliphatic heterocycles. The van der Waals surface area contributed by atoms with Crippen molar-refractivity contribution >= 4 is 11.7 Å². The maximum atomic E-state index is 11.1. The van der Waals surface area contributed by atoms with Crippen LogP contribution in [-0.2, 0) is 16.0 Å². The third-order valence-electron chi connectivity index (χ3n) is 2.26. The number of Topliss-reactive ketones (excluding diaryl/α,β-unsaturated/α-hetero) is 1. The summed E-state index contributed by atoms with van der Waals surface area (Å²) in [6.45, 7) is 3.39. The standard InChI is InChI=1S/C11H18N4O3/c1-7(16)6-10-14-15-11(18-10)9(4-3-5-12)13-8(2)17/h9H,3-6,12H2,1-2H3,(H,13,17). The molecule has 0 fully saturated rings. The fraction of sp³-hybridized carbons (Fsp3) is 0.636. The fourth-order valence-electron chi connectivity index (χ4n) is 1.52. The fourth-order valence-corrected chi connectivity index (χ4v) is 1.52. The summed E-state index contributed by atoms with van der Waals surface area (Å²) < 4.78 is 5.36. The second-order valence-electron chi connectivity index (χ2n) is 4.10. The first-order valence-electron chi connectivity index (χ1n) is 5.81. The number of hydrogen-bond acceptors (Lipinski definition) is 6. The van der Waals surface area contributed by atoms with E-state index in [9.17, 15) is 9.59 Å². The molecule has 1 amide bonds. The topological polar surface area (TPSA) is 111 Å². The molecule has 18 heavy (non-hydrogen) atoms. The first kappa shape index (κ1) is 14.3. The van der Waals surface area contributed by atoms with E-state index in [0.717, 1.165) is 6.42 Å². The van der Waals surface area contributed by atoms with Crippen LogP contribution in [0.3, 0.4) is 0 Å². The number of amides is 1. The average molecular weight is 254 g/mol. The summed E-state index contributed by atoms with van der Waals surface area (Å²) in [6, 6.07) is -0.348. The number of hydrogen-bond donors (Lipinski definition) is 2. The van der Waals surface area contributed by atoms with E-state index in [0.29, 0.717) is 18.9 Å². The van der Waals surface area contributed by atoms with Gasteiger partial charge in [-0.15, -0.1) is 10.2 Å². The van der Waals surface area contributed by atoms with Gasteiger partial charge in [-0.2, -0.15) is 0 Å². The summed E-state index contributed by atoms with van der Waals surface area (Å²) in [7, 11) is 0. The highest BCUT2D eigenvalue weighted by Crippen LogP contribution is 2.17. The van der Waals surface area contributed by atoms with Crippen LogP contribution in [0.4, 0.5) is 0 Å². The normalized spacial score (nSPS) is 12.2. The largest absolute Gasteiger partial charge is 0.423 e. The molecule has 1 aromatic heterocycles. The molecule has 0 aliphatic carbocycles. The molecular weight excluding hydrogens is 236 g/mol. The van der Waals surface area contributed by atoms with Gasteiger partial charge in [0.05, 0.1) is 6.42 Å². The van der Waals surface area contributed by atoms with Crippen molar-refractivity contribution in [3.8, 4) is 0 Å². The number of carbonyl (C=O) groups is 2. The van der Waals surface area contributed by atoms with Gasteiger partial charge in [-0.1, -0.05) is 0 Å². The quantitative estimate of drug-likeness (QED) is 0.714. The van der Waals surface area contributed by atoms with Crippen LogP contribution in [0.25, 0.3) is 0 Å². The third-order valence-corrected chi connectivity index (χ3v) is 2.26. The molecule has 7 nitrogen and oxygen atoms in total. The van der Waals surface area contributed by atoms with E-state index >= 15 is 0 Å². The molecule has 0 saturated carbocycles. The summed E-state index contributed by atoms with van der Waals surface area (Å²) in [6.07, 6.45) is 1.46. The third kappa shape index (κ3) is 4.62. The Balaban J connectivity index is 2.74. The van der Waals surface area contributed by atoms with E-state index in [1.165, 1.54) is 13.8 Å². The first-order chi connectivity index (χ1) is 8.52. The Kier molecular flexibility index (Phi) is 5.44. The van der Waals surface area contributed by atoms with Crippen LogP contribution in [-0.4, -0.2) is 28.4 Å². The number of nitrogens with one attached hydrogen (secondary N) is 1. The van der Waals surface area contributed by atoms with Crippen molar-refractivity contribution in [3.05, 3.63) is 11.8 Å². The van der Waals surface area contributed by atoms with Gasteiger partial charge in [-0.05, 0) is 26.3 Å². The molecule has 0 radical (unpaired) electrons. The average Bonchev–Trinajstić information content (AvgIpc) is 2.71. The molecule has 1 rings (SSSR count). The van der Waals surface area contributed by atoms with Crippen LogP contribution >= 0.6 is 0 Å². The highest BCUT2D eigenvalue weighted by atomic mass is 16.4. The number of aromatic nitrogens is 2. The molecule has 100 valence electrons. The Hall–Kier alpha value is -1.76. The van der Waals surface area contributed by atoms with Crippen LogP contribution in [0.15, 0.2) is 4.42 Å². The maximum absolute atomic E-state index is 11.1. The monoisotopic (exact) mass is 254 g/mol. The van der Waals surface area contributed by atoms with Gasteiger partial charge in [0.25, 0.3) is 0 Å². The summed E-state index contributed by atoms with van der Waals surface area (Å²) in [5.74, 6) is 0.349. The van der Waals surface area contributed by atoms with Crippen LogP contribution in [0.2, 0.25) is 0 Å². The number of rotatable bonds is 7. The van der Waals surface area contributed by atoms with Gasteiger partial charge in [0.1, 0.15) is 11.8 Å². The van der Waals surface area contributed by atoms with Crippen molar-refractivity contribution in [1.29, 1.82) is 0 Å². The lowest BCUT2D eigenvalue weighted by molar-refractivity contribution is -0.120. The molecule has 1 aromatic rings. The first-order valence-corrected chi connectivity index (χ1v) is 5.81. The summed E-state index contributed by atoms with van der Waals surface area (Å²) >= 11 is 0. The molecule has 1 unspecified atom stereocenters. The summed E-state index contributed by atoms with van der Waals surface area (Å²) in [5, 5.41) is 10.3. The Bertz CT molecular complexity index is 416. The van der Waals surface area contributed by atoms with Crippen molar-refractivity contribution in [1.82, 2.24) is 15.5 Å². The Morgan fingerprint density at radius 2 is 2.11 bits per heavy atom. The molecule has 1 heterocycles. The van der Waals surface area contributed by atoms with E-state index in [-0.39, 0.29) is 30.0 Å². The van der Waals surface area contributed by atoms with Gasteiger partial charge in [-0.3, -0.25) is 9.59 Å². The van der Waals surface area contributed by atoms with E-state index in [4.69, 9.17) is 10.2 Å². The second kappa shape index (κ2) is 6.85. The predicted molar refractivity (Wildman–Crippen MR) is 63.5 cm³/mol. The zero-order chi connectivity index (χ0) is 13.5. The molecule has 0 bridgehead atoms. The Morgan fingerprint density at radius 1 is 1.39 bits per heavy atom. The molecule has 1 atom stereocenters. The minimum Gasteiger partial charge on any atom is -0.423 e. The number of carbonyl (C=O) groups excluding carboxylic acids is 2. The van der Waals surface area contributed by atoms with Gasteiger partial charge in [0.2, 0.25) is 17.7 Å². The van der Waals surface area contributed by atoms with Crippen molar-refractivity contribution in [3.63, 3.8) is 0 Å². The van der Waals surface area contributed by atoms with Crippen molar-refractivity contribution in [2.24, 2.45) is 5.73 Å². The van der Waals surface area contributed by atoms with Gasteiger partial charge >= 0.3 is 0 Å². The number of nitrogens with zero attached hydrogens (tertiary/aromatic N) is 2. The van der Waals surface area contributed by atoms with Gasteiger partial charge in [-0.25, -0.2) is 0 Å². The zero-order valence-electron chi connectivity index (χ0n) is 10.6. The highest BCUT2D eigenvalue weighted by molar-refractivity contribution is 5.77. The van der Waals surface area contributed by atoms with Gasteiger partial charge in [0.15, 0.2) is 0 Å². The molecule has 7 heteroatoms. The maximum Gasteiger partial charge on any atom is 0.238 e. The van der Waals surface area contributed by atoms with E-state index in [1.807, 2.05) is 0 Å². The van der Waals surface area contributed by atoms with Crippen molar-refractivity contribution < 1.29 is 14.0 Å². The molecule has 0 aromatic carbocycles. The SMILES string of the molecule is CC(=O)Cc1nnc(C(CCCN)NC(C)=O)o1. The Labute approximate surface area is 105 Å². The molecule has 0 aliphatic rings. The van der Waals surface area contributed by atoms with Crippen LogP contribution < -0.4 is 11.1 Å². The lowest BCUT2D eigenvalue weighted by Gasteiger charge is -2.12. The predicted octanol–water partition coefficient (Wildman–Crippen LogP) is 0.117. The second-order valence-corrected chi connectivity index (χ2v) is 4.10. The molecule has 0 saturated heterocycles. The molecule has 3 N–H and O–H groups in total. The van der Waals surface area contributed by atoms with E-state index < -0.39 is 0 Å². The lowest BCUT2D eigenvalue weighted by Crippen LogP contribution is -2.26. The lowest BCUT2D eigenvalue weighted by atomic mass is 10.1. The number of nitrogens with two attached hydrogens (primary N) is 1. The smallest absolute Gasteiger partial charge is 0.238 e. The minimum atomic E-state index is -0.348. The Morgan fingerprint density at radius 3 is 2.67 bits per heavy atom. The summed E-state index contributed by atoms with van der Waals surface area (Å²) in [5.41, 5.74) is 5.43. The highest BCUT2D eigenvalue weighted by Gasteiger charge is 2.19. The van der Waals surface area contributed by atoms with Crippen LogP contribution in [0.1, 0.15) is 44.5 Å². The van der Waals surface area contributed by atoms with Crippen LogP contribution in [0, 0.1) is 0 Å². The zero-order valence-corrected chi connectivity index (χ0v) is 10.6.